The van der Waals surface area contributed by atoms with Crippen molar-refractivity contribution in [1.82, 2.24) is 10.2 Å². The van der Waals surface area contributed by atoms with E-state index >= 15 is 0 Å². The zero-order chi connectivity index (χ0) is 19.8. The second kappa shape index (κ2) is 10.6. The van der Waals surface area contributed by atoms with Crippen LogP contribution in [-0.4, -0.2) is 54.6 Å². The van der Waals surface area contributed by atoms with Gasteiger partial charge >= 0.3 is 0 Å². The second-order valence-corrected chi connectivity index (χ2v) is 8.65. The number of para-hydroxylation sites is 2. The molecule has 2 fully saturated rings. The summed E-state index contributed by atoms with van der Waals surface area (Å²) in [6.45, 7) is 1.72. The maximum absolute atomic E-state index is 12.6. The lowest BCUT2D eigenvalue weighted by Crippen LogP contribution is -2.41. The Bertz CT molecular complexity index is 664. The molecule has 2 aliphatic rings. The smallest absolute Gasteiger partial charge is 0.233 e. The van der Waals surface area contributed by atoms with E-state index in [1.54, 1.807) is 23.8 Å². The van der Waals surface area contributed by atoms with Crippen molar-refractivity contribution in [3.8, 4) is 11.5 Å². The van der Waals surface area contributed by atoms with Crippen LogP contribution in [0.5, 0.6) is 11.5 Å². The molecule has 3 rings (SSSR count). The maximum Gasteiger partial charge on any atom is 0.233 e. The topological polar surface area (TPSA) is 67.9 Å². The van der Waals surface area contributed by atoms with Gasteiger partial charge in [-0.05, 0) is 30.9 Å². The first-order chi connectivity index (χ1) is 13.7. The molecule has 1 aliphatic heterocycles. The molecule has 154 valence electrons. The van der Waals surface area contributed by atoms with E-state index in [-0.39, 0.29) is 23.6 Å². The minimum absolute atomic E-state index is 0.0800. The summed E-state index contributed by atoms with van der Waals surface area (Å²) in [5, 5.41) is 2.87. The fourth-order valence-corrected chi connectivity index (χ4v) is 4.94. The molecule has 0 aromatic heterocycles. The summed E-state index contributed by atoms with van der Waals surface area (Å²) in [7, 11) is 1.61. The Morgan fingerprint density at radius 1 is 1.18 bits per heavy atom. The Labute approximate surface area is 171 Å². The average molecular weight is 407 g/mol. The third-order valence-corrected chi connectivity index (χ3v) is 6.58. The fourth-order valence-electron chi connectivity index (χ4n) is 3.79. The molecule has 28 heavy (non-hydrogen) atoms. The lowest BCUT2D eigenvalue weighted by molar-refractivity contribution is -0.136. The highest BCUT2D eigenvalue weighted by molar-refractivity contribution is 8.00. The van der Waals surface area contributed by atoms with E-state index in [0.717, 1.165) is 5.75 Å². The van der Waals surface area contributed by atoms with E-state index in [1.165, 1.54) is 32.1 Å². The van der Waals surface area contributed by atoms with Crippen LogP contribution in [0.2, 0.25) is 0 Å². The van der Waals surface area contributed by atoms with Gasteiger partial charge in [-0.25, -0.2) is 0 Å². The van der Waals surface area contributed by atoms with Crippen LogP contribution in [-0.2, 0) is 9.59 Å². The van der Waals surface area contributed by atoms with Gasteiger partial charge in [-0.15, -0.1) is 11.8 Å². The number of hydrogen-bond donors (Lipinski definition) is 1. The van der Waals surface area contributed by atoms with Gasteiger partial charge in [0.2, 0.25) is 11.8 Å². The highest BCUT2D eigenvalue weighted by Gasteiger charge is 2.31. The molecule has 2 amide bonds. The van der Waals surface area contributed by atoms with Crippen molar-refractivity contribution in [2.75, 3.05) is 32.6 Å². The monoisotopic (exact) mass is 406 g/mol. The van der Waals surface area contributed by atoms with Crippen molar-refractivity contribution in [3.63, 3.8) is 0 Å². The van der Waals surface area contributed by atoms with Crippen LogP contribution < -0.4 is 14.8 Å². The van der Waals surface area contributed by atoms with Gasteiger partial charge in [-0.1, -0.05) is 31.4 Å². The van der Waals surface area contributed by atoms with Crippen molar-refractivity contribution in [2.45, 2.75) is 43.9 Å². The van der Waals surface area contributed by atoms with Gasteiger partial charge in [0.1, 0.15) is 18.4 Å². The maximum atomic E-state index is 12.6. The summed E-state index contributed by atoms with van der Waals surface area (Å²) in [4.78, 5) is 26.6. The van der Waals surface area contributed by atoms with Gasteiger partial charge in [-0.2, -0.15) is 0 Å². The van der Waals surface area contributed by atoms with Crippen molar-refractivity contribution in [1.29, 1.82) is 0 Å². The predicted octanol–water partition coefficient (Wildman–Crippen LogP) is 3.06. The molecule has 1 heterocycles. The molecule has 0 spiro atoms. The first-order valence-corrected chi connectivity index (χ1v) is 11.2. The Hall–Kier alpha value is -1.89. The normalized spacial score (nSPS) is 20.0. The van der Waals surface area contributed by atoms with Crippen LogP contribution in [0.25, 0.3) is 0 Å². The van der Waals surface area contributed by atoms with Crippen LogP contribution >= 0.6 is 11.8 Å². The summed E-state index contributed by atoms with van der Waals surface area (Å²) in [5.74, 6) is 2.46. The van der Waals surface area contributed by atoms with Gasteiger partial charge in [0.25, 0.3) is 0 Å². The number of thioether (sulfide) groups is 1. The molecule has 1 N–H and O–H groups in total. The summed E-state index contributed by atoms with van der Waals surface area (Å²) in [6, 6.07) is 7.47. The highest BCUT2D eigenvalue weighted by Crippen LogP contribution is 2.29. The SMILES string of the molecule is COc1ccccc1OCC1SCCN1C(=O)CC(=O)NCC1CCCCC1. The van der Waals surface area contributed by atoms with Gasteiger partial charge in [-0.3, -0.25) is 9.59 Å². The van der Waals surface area contributed by atoms with Gasteiger partial charge < -0.3 is 19.7 Å². The van der Waals surface area contributed by atoms with Crippen LogP contribution in [0.15, 0.2) is 24.3 Å². The Kier molecular flexibility index (Phi) is 7.89. The molecule has 0 bridgehead atoms. The molecule has 1 aromatic rings. The van der Waals surface area contributed by atoms with E-state index in [1.807, 2.05) is 24.3 Å². The molecule has 1 aromatic carbocycles. The van der Waals surface area contributed by atoms with Gasteiger partial charge in [0, 0.05) is 18.8 Å². The molecular formula is C21H30N2O4S. The number of methoxy groups -OCH3 is 1. The number of amides is 2. The number of nitrogens with one attached hydrogen (secondary N) is 1. The molecule has 6 nitrogen and oxygen atoms in total. The Balaban J connectivity index is 1.45. The Morgan fingerprint density at radius 3 is 2.68 bits per heavy atom. The van der Waals surface area contributed by atoms with Crippen molar-refractivity contribution in [2.24, 2.45) is 5.92 Å². The molecule has 1 unspecified atom stereocenters. The lowest BCUT2D eigenvalue weighted by atomic mass is 9.89. The minimum Gasteiger partial charge on any atom is -0.493 e. The molecular weight excluding hydrogens is 376 g/mol. The van der Waals surface area contributed by atoms with Crippen LogP contribution in [0.3, 0.4) is 0 Å². The van der Waals surface area contributed by atoms with Crippen molar-refractivity contribution >= 4 is 23.6 Å². The molecule has 7 heteroatoms. The largest absolute Gasteiger partial charge is 0.493 e. The molecule has 0 radical (unpaired) electrons. The lowest BCUT2D eigenvalue weighted by Gasteiger charge is -2.25. The highest BCUT2D eigenvalue weighted by atomic mass is 32.2. The van der Waals surface area contributed by atoms with E-state index in [0.29, 0.717) is 37.1 Å². The molecule has 1 aliphatic carbocycles. The van der Waals surface area contributed by atoms with E-state index in [4.69, 9.17) is 9.47 Å². The number of carbonyl (C=O) groups is 2. The number of nitrogens with zero attached hydrogens (tertiary/aromatic N) is 1. The zero-order valence-corrected chi connectivity index (χ0v) is 17.3. The third-order valence-electron chi connectivity index (χ3n) is 5.39. The molecule has 1 saturated carbocycles. The first kappa shape index (κ1) is 20.8. The van der Waals surface area contributed by atoms with Crippen molar-refractivity contribution in [3.05, 3.63) is 24.3 Å². The van der Waals surface area contributed by atoms with Gasteiger partial charge in [0.05, 0.1) is 7.11 Å². The van der Waals surface area contributed by atoms with E-state index in [9.17, 15) is 9.59 Å². The number of rotatable bonds is 8. The summed E-state index contributed by atoms with van der Waals surface area (Å²) in [6.07, 6.45) is 6.07. The van der Waals surface area contributed by atoms with E-state index < -0.39 is 0 Å². The summed E-state index contributed by atoms with van der Waals surface area (Å²) in [5.41, 5.74) is 0. The Morgan fingerprint density at radius 2 is 1.93 bits per heavy atom. The minimum atomic E-state index is -0.170. The van der Waals surface area contributed by atoms with E-state index in [2.05, 4.69) is 5.32 Å². The number of carbonyl (C=O) groups excluding carboxylic acids is 2. The zero-order valence-electron chi connectivity index (χ0n) is 16.5. The van der Waals surface area contributed by atoms with Crippen LogP contribution in [0.4, 0.5) is 0 Å². The molecule has 1 saturated heterocycles. The predicted molar refractivity (Wildman–Crippen MR) is 111 cm³/mol. The summed E-state index contributed by atoms with van der Waals surface area (Å²) >= 11 is 1.68. The van der Waals surface area contributed by atoms with Crippen molar-refractivity contribution < 1.29 is 19.1 Å². The standard InChI is InChI=1S/C21H30N2O4S/c1-26-17-9-5-6-10-18(17)27-15-21-23(11-12-28-21)20(25)13-19(24)22-14-16-7-3-2-4-8-16/h5-6,9-10,16,21H,2-4,7-8,11-15H2,1H3,(H,22,24). The quantitative estimate of drug-likeness (QED) is 0.672. The molecule has 1 atom stereocenters. The van der Waals surface area contributed by atoms with Crippen LogP contribution in [0.1, 0.15) is 38.5 Å². The van der Waals surface area contributed by atoms with Crippen LogP contribution in [0, 0.1) is 5.92 Å². The first-order valence-electron chi connectivity index (χ1n) is 10.1. The second-order valence-electron chi connectivity index (χ2n) is 7.36. The fraction of sp³-hybridized carbons (Fsp3) is 0.619. The third kappa shape index (κ3) is 5.80. The average Bonchev–Trinajstić information content (AvgIpc) is 3.20. The number of benzene rings is 1. The number of hydrogen-bond acceptors (Lipinski definition) is 5. The number of ether oxygens (including phenoxy) is 2. The summed E-state index contributed by atoms with van der Waals surface area (Å²) < 4.78 is 11.2. The van der Waals surface area contributed by atoms with Gasteiger partial charge in [0.15, 0.2) is 11.5 Å².